The molecule has 3 nitrogen and oxygen atoms in total. The van der Waals surface area contributed by atoms with E-state index in [0.29, 0.717) is 24.2 Å². The van der Waals surface area contributed by atoms with Gasteiger partial charge in [0, 0.05) is 12.0 Å². The molecule has 0 aromatic heterocycles. The van der Waals surface area contributed by atoms with Crippen molar-refractivity contribution in [2.24, 2.45) is 0 Å². The van der Waals surface area contributed by atoms with Crippen LogP contribution in [-0.4, -0.2) is 18.5 Å². The third kappa shape index (κ3) is 3.01. The number of ether oxygens (including phenoxy) is 1. The minimum Gasteiger partial charge on any atom is -0.462 e. The molecule has 98 valence electrons. The zero-order chi connectivity index (χ0) is 13.7. The number of carbonyl (C=O) groups excluding carboxylic acids is 2. The molecule has 0 N–H and O–H groups in total. The number of hydrogen-bond acceptors (Lipinski definition) is 3. The molecule has 3 heteroatoms. The van der Waals surface area contributed by atoms with Crippen LogP contribution in [0.1, 0.15) is 47.7 Å². The Hall–Kier alpha value is -2.12. The number of esters is 1. The minimum atomic E-state index is -0.313. The van der Waals surface area contributed by atoms with Crippen LogP contribution in [0.2, 0.25) is 0 Å². The van der Waals surface area contributed by atoms with E-state index in [1.54, 1.807) is 18.2 Å². The highest BCUT2D eigenvalue weighted by molar-refractivity contribution is 5.96. The molecule has 0 amide bonds. The number of benzene rings is 1. The van der Waals surface area contributed by atoms with Gasteiger partial charge in [0.25, 0.3) is 0 Å². The molecule has 1 aromatic carbocycles. The van der Waals surface area contributed by atoms with Gasteiger partial charge < -0.3 is 4.74 Å². The van der Waals surface area contributed by atoms with E-state index in [4.69, 9.17) is 4.74 Å². The van der Waals surface area contributed by atoms with Crippen molar-refractivity contribution >= 4 is 23.6 Å². The molecular weight excluding hydrogens is 240 g/mol. The summed E-state index contributed by atoms with van der Waals surface area (Å²) in [5.74, 6) is 1.64. The number of hydrogen-bond donors (Lipinski definition) is 0. The smallest absolute Gasteiger partial charge is 0.338 e. The maximum Gasteiger partial charge on any atom is 0.338 e. The number of allylic oxidation sites excluding steroid dienone is 2. The Morgan fingerprint density at radius 3 is 3.00 bits per heavy atom. The first kappa shape index (κ1) is 13.3. The number of carbonyl (C=O) groups is 1. The number of unbranched alkanes of at least 4 members (excludes halogenated alkanes) is 1. The van der Waals surface area contributed by atoms with E-state index >= 15 is 0 Å². The fraction of sp³-hybridized carbons (Fsp3) is 0.312. The van der Waals surface area contributed by atoms with E-state index in [0.717, 1.165) is 24.0 Å². The third-order valence-corrected chi connectivity index (χ3v) is 3.09. The van der Waals surface area contributed by atoms with Crippen molar-refractivity contribution in [1.82, 2.24) is 0 Å². The second-order valence-electron chi connectivity index (χ2n) is 4.48. The summed E-state index contributed by atoms with van der Waals surface area (Å²) in [4.78, 5) is 22.7. The van der Waals surface area contributed by atoms with Gasteiger partial charge in [-0.15, -0.1) is 0 Å². The molecule has 0 saturated heterocycles. The van der Waals surface area contributed by atoms with Gasteiger partial charge in [-0.1, -0.05) is 31.6 Å². The fourth-order valence-corrected chi connectivity index (χ4v) is 2.01. The van der Waals surface area contributed by atoms with E-state index in [1.807, 2.05) is 25.0 Å². The summed E-state index contributed by atoms with van der Waals surface area (Å²) in [5, 5.41) is 0. The minimum absolute atomic E-state index is 0.313. The molecule has 0 heterocycles. The van der Waals surface area contributed by atoms with Gasteiger partial charge in [0.1, 0.15) is 5.94 Å². The summed E-state index contributed by atoms with van der Waals surface area (Å²) in [6, 6.07) is 5.25. The summed E-state index contributed by atoms with van der Waals surface area (Å²) in [6.07, 6.45) is 6.27. The summed E-state index contributed by atoms with van der Waals surface area (Å²) in [6.45, 7) is 2.49. The summed E-state index contributed by atoms with van der Waals surface area (Å²) in [7, 11) is 0. The zero-order valence-electron chi connectivity index (χ0n) is 10.9. The van der Waals surface area contributed by atoms with Gasteiger partial charge in [-0.25, -0.2) is 9.59 Å². The lowest BCUT2D eigenvalue weighted by Crippen LogP contribution is -2.07. The molecule has 0 radical (unpaired) electrons. The zero-order valence-corrected chi connectivity index (χ0v) is 10.9. The van der Waals surface area contributed by atoms with Crippen molar-refractivity contribution in [3.8, 4) is 0 Å². The predicted molar refractivity (Wildman–Crippen MR) is 74.4 cm³/mol. The lowest BCUT2D eigenvalue weighted by atomic mass is 9.92. The first-order valence-corrected chi connectivity index (χ1v) is 6.48. The van der Waals surface area contributed by atoms with Gasteiger partial charge in [-0.2, -0.15) is 0 Å². The first-order chi connectivity index (χ1) is 9.26. The molecule has 0 unspecified atom stereocenters. The summed E-state index contributed by atoms with van der Waals surface area (Å²) >= 11 is 0. The van der Waals surface area contributed by atoms with Crippen LogP contribution in [0.4, 0.5) is 0 Å². The van der Waals surface area contributed by atoms with Gasteiger partial charge in [0.05, 0.1) is 12.2 Å². The average Bonchev–Trinajstić information content (AvgIpc) is 2.46. The lowest BCUT2D eigenvalue weighted by Gasteiger charge is -2.12. The van der Waals surface area contributed by atoms with Gasteiger partial charge >= 0.3 is 5.97 Å². The molecule has 1 aliphatic carbocycles. The summed E-state index contributed by atoms with van der Waals surface area (Å²) in [5.41, 5.74) is 2.87. The van der Waals surface area contributed by atoms with E-state index in [2.05, 4.69) is 0 Å². The molecule has 0 spiro atoms. The van der Waals surface area contributed by atoms with Crippen molar-refractivity contribution in [2.75, 3.05) is 6.61 Å². The van der Waals surface area contributed by atoms with Crippen LogP contribution in [0.3, 0.4) is 0 Å². The number of rotatable bonds is 4. The molecule has 0 atom stereocenters. The van der Waals surface area contributed by atoms with E-state index in [1.165, 1.54) is 0 Å². The van der Waals surface area contributed by atoms with Crippen LogP contribution in [0.5, 0.6) is 0 Å². The average molecular weight is 256 g/mol. The molecule has 2 rings (SSSR count). The molecule has 0 aliphatic heterocycles. The number of fused-ring (bicyclic) bond motifs is 1. The normalized spacial score (nSPS) is 12.8. The fourth-order valence-electron chi connectivity index (χ4n) is 2.01. The van der Waals surface area contributed by atoms with E-state index in [-0.39, 0.29) is 5.97 Å². The Bertz CT molecular complexity index is 563. The quantitative estimate of drug-likeness (QED) is 0.471. The third-order valence-electron chi connectivity index (χ3n) is 3.09. The van der Waals surface area contributed by atoms with Crippen LogP contribution < -0.4 is 0 Å². The molecule has 0 saturated carbocycles. The Morgan fingerprint density at radius 2 is 2.26 bits per heavy atom. The molecule has 1 aromatic rings. The molecule has 19 heavy (non-hydrogen) atoms. The van der Waals surface area contributed by atoms with Gasteiger partial charge in [-0.05, 0) is 29.7 Å². The molecular formula is C16H16O3. The molecule has 0 fully saturated rings. The van der Waals surface area contributed by atoms with Crippen LogP contribution in [0.25, 0.3) is 11.6 Å². The van der Waals surface area contributed by atoms with Crippen molar-refractivity contribution in [1.29, 1.82) is 0 Å². The van der Waals surface area contributed by atoms with Crippen LogP contribution in [0, 0.1) is 0 Å². The van der Waals surface area contributed by atoms with E-state index < -0.39 is 0 Å². The lowest BCUT2D eigenvalue weighted by molar-refractivity contribution is 0.0499. The highest BCUT2D eigenvalue weighted by Crippen LogP contribution is 2.27. The topological polar surface area (TPSA) is 43.4 Å². The highest BCUT2D eigenvalue weighted by atomic mass is 16.5. The van der Waals surface area contributed by atoms with Crippen LogP contribution in [0.15, 0.2) is 24.3 Å². The van der Waals surface area contributed by atoms with Crippen molar-refractivity contribution in [3.63, 3.8) is 0 Å². The van der Waals surface area contributed by atoms with Crippen molar-refractivity contribution in [3.05, 3.63) is 41.0 Å². The van der Waals surface area contributed by atoms with Crippen molar-refractivity contribution in [2.45, 2.75) is 26.2 Å². The Balaban J connectivity index is 2.20. The first-order valence-electron chi connectivity index (χ1n) is 6.48. The Morgan fingerprint density at radius 1 is 1.42 bits per heavy atom. The van der Waals surface area contributed by atoms with Gasteiger partial charge in [-0.3, -0.25) is 0 Å². The van der Waals surface area contributed by atoms with Gasteiger partial charge in [0.2, 0.25) is 0 Å². The largest absolute Gasteiger partial charge is 0.462 e. The van der Waals surface area contributed by atoms with Crippen molar-refractivity contribution < 1.29 is 14.3 Å². The maximum absolute atomic E-state index is 11.8. The maximum atomic E-state index is 11.8. The highest BCUT2D eigenvalue weighted by Gasteiger charge is 2.14. The summed E-state index contributed by atoms with van der Waals surface area (Å²) < 4.78 is 5.17. The molecule has 1 aliphatic rings. The van der Waals surface area contributed by atoms with Crippen LogP contribution in [-0.2, 0) is 9.53 Å². The Labute approximate surface area is 112 Å². The Kier molecular flexibility index (Phi) is 4.32. The second-order valence-corrected chi connectivity index (χ2v) is 4.48. The predicted octanol–water partition coefficient (Wildman–Crippen LogP) is 3.28. The van der Waals surface area contributed by atoms with Crippen LogP contribution >= 0.6 is 0 Å². The standard InChI is InChI=1S/C16H16O3/c1-2-3-9-19-16(18)13-7-8-15-12(10-13)5-4-6-14(15)11-17/h4-5,7-8,10H,2-3,6,9H2,1H3. The SMILES string of the molecule is CCCCOC(=O)c1ccc2c(c1)C=CCC2=C=O. The second kappa shape index (κ2) is 6.17. The van der Waals surface area contributed by atoms with E-state index in [9.17, 15) is 9.59 Å². The monoisotopic (exact) mass is 256 g/mol. The molecule has 0 bridgehead atoms. The van der Waals surface area contributed by atoms with Gasteiger partial charge in [0.15, 0.2) is 0 Å².